The van der Waals surface area contributed by atoms with Gasteiger partial charge in [0.05, 0.1) is 11.0 Å². The van der Waals surface area contributed by atoms with E-state index in [2.05, 4.69) is 15.0 Å². The Morgan fingerprint density at radius 1 is 1.07 bits per heavy atom. The van der Waals surface area contributed by atoms with E-state index >= 15 is 0 Å². The fourth-order valence-electron chi connectivity index (χ4n) is 1.63. The fraction of sp³-hybridized carbons (Fsp3) is 0. The normalized spacial score (nSPS) is 11.0. The topological polar surface area (TPSA) is 38.7 Å². The molecule has 0 fully saturated rings. The molecule has 0 aliphatic heterocycles. The Hall–Kier alpha value is -2.10. The number of benzene rings is 1. The quantitative estimate of drug-likeness (QED) is 0.412. The van der Waals surface area contributed by atoms with Gasteiger partial charge in [-0.3, -0.25) is 0 Å². The zero-order valence-corrected chi connectivity index (χ0v) is 7.68. The zero-order valence-electron chi connectivity index (χ0n) is 7.68. The molecule has 0 spiro atoms. The predicted molar refractivity (Wildman–Crippen MR) is 54.8 cm³/mol. The van der Waals surface area contributed by atoms with Crippen LogP contribution in [-0.2, 0) is 0 Å². The molecule has 0 atom stereocenters. The van der Waals surface area contributed by atoms with Gasteiger partial charge in [-0.05, 0) is 24.3 Å². The van der Waals surface area contributed by atoms with Crippen LogP contribution in [0.4, 0.5) is 4.39 Å². The Labute approximate surface area is 84.6 Å². The van der Waals surface area contributed by atoms with Crippen molar-refractivity contribution in [2.45, 2.75) is 0 Å². The number of nitrogens with zero attached hydrogens (tertiary/aromatic N) is 3. The first-order chi connectivity index (χ1) is 7.34. The molecule has 0 amide bonds. The summed E-state index contributed by atoms with van der Waals surface area (Å²) in [5.74, 6) is -0.476. The summed E-state index contributed by atoms with van der Waals surface area (Å²) in [5, 5.41) is 1.77. The van der Waals surface area contributed by atoms with Gasteiger partial charge in [-0.1, -0.05) is 0 Å². The van der Waals surface area contributed by atoms with Gasteiger partial charge < -0.3 is 0 Å². The van der Waals surface area contributed by atoms with E-state index in [9.17, 15) is 4.39 Å². The molecule has 0 saturated carbocycles. The molecule has 0 N–H and O–H groups in total. The number of pyridine rings is 1. The van der Waals surface area contributed by atoms with Crippen LogP contribution in [0.25, 0.3) is 21.8 Å². The van der Waals surface area contributed by atoms with Crippen LogP contribution < -0.4 is 0 Å². The average molecular weight is 199 g/mol. The summed E-state index contributed by atoms with van der Waals surface area (Å²) in [5.41, 5.74) is 1.41. The van der Waals surface area contributed by atoms with E-state index in [4.69, 9.17) is 0 Å². The molecule has 3 nitrogen and oxygen atoms in total. The second kappa shape index (κ2) is 2.95. The molecule has 2 aromatic heterocycles. The number of rotatable bonds is 0. The second-order valence-electron chi connectivity index (χ2n) is 3.23. The Balaban J connectivity index is 2.55. The highest BCUT2D eigenvalue weighted by molar-refractivity contribution is 6.03. The van der Waals surface area contributed by atoms with Crippen LogP contribution in [0.2, 0.25) is 0 Å². The molecule has 0 radical (unpaired) electrons. The van der Waals surface area contributed by atoms with E-state index in [1.165, 1.54) is 12.4 Å². The van der Waals surface area contributed by atoms with E-state index in [0.717, 1.165) is 16.3 Å². The van der Waals surface area contributed by atoms with E-state index in [-0.39, 0.29) is 0 Å². The Bertz CT molecular complexity index is 651. The van der Waals surface area contributed by atoms with Crippen LogP contribution in [0.1, 0.15) is 0 Å². The van der Waals surface area contributed by atoms with Gasteiger partial charge in [0.15, 0.2) is 0 Å². The molecule has 3 aromatic rings. The Morgan fingerprint density at radius 3 is 2.93 bits per heavy atom. The molecule has 1 aromatic carbocycles. The van der Waals surface area contributed by atoms with Crippen molar-refractivity contribution in [2.75, 3.05) is 0 Å². The van der Waals surface area contributed by atoms with Crippen LogP contribution in [0.5, 0.6) is 0 Å². The lowest BCUT2D eigenvalue weighted by Crippen LogP contribution is -1.87. The zero-order chi connectivity index (χ0) is 10.3. The van der Waals surface area contributed by atoms with Crippen molar-refractivity contribution in [1.29, 1.82) is 0 Å². The van der Waals surface area contributed by atoms with Crippen molar-refractivity contribution in [2.24, 2.45) is 0 Å². The third-order valence-electron chi connectivity index (χ3n) is 2.31. The lowest BCUT2D eigenvalue weighted by atomic mass is 10.1. The standard InChI is InChI=1S/C11H6FN3/c12-10-4-2-8-9(15-10)3-1-7-5-13-6-14-11(7)8/h1-6H. The number of hydrogen-bond donors (Lipinski definition) is 0. The first-order valence-electron chi connectivity index (χ1n) is 4.49. The number of aromatic nitrogens is 3. The highest BCUT2D eigenvalue weighted by Gasteiger charge is 2.03. The summed E-state index contributed by atoms with van der Waals surface area (Å²) in [6.07, 6.45) is 3.20. The van der Waals surface area contributed by atoms with E-state index < -0.39 is 5.95 Å². The van der Waals surface area contributed by atoms with Gasteiger partial charge in [0, 0.05) is 17.0 Å². The van der Waals surface area contributed by atoms with Crippen molar-refractivity contribution in [3.8, 4) is 0 Å². The minimum Gasteiger partial charge on any atom is -0.244 e. The minimum absolute atomic E-state index is 0.476. The van der Waals surface area contributed by atoms with Gasteiger partial charge in [0.2, 0.25) is 5.95 Å². The molecule has 4 heteroatoms. The number of fused-ring (bicyclic) bond motifs is 3. The van der Waals surface area contributed by atoms with Gasteiger partial charge in [-0.2, -0.15) is 4.39 Å². The summed E-state index contributed by atoms with van der Waals surface area (Å²) in [7, 11) is 0. The summed E-state index contributed by atoms with van der Waals surface area (Å²) in [6, 6.07) is 6.63. The van der Waals surface area contributed by atoms with E-state index in [1.54, 1.807) is 18.3 Å². The monoisotopic (exact) mass is 199 g/mol. The van der Waals surface area contributed by atoms with Crippen molar-refractivity contribution in [3.05, 3.63) is 42.7 Å². The summed E-state index contributed by atoms with van der Waals surface area (Å²) in [4.78, 5) is 11.9. The van der Waals surface area contributed by atoms with Crippen LogP contribution in [-0.4, -0.2) is 15.0 Å². The van der Waals surface area contributed by atoms with Crippen LogP contribution in [0, 0.1) is 5.95 Å². The smallest absolute Gasteiger partial charge is 0.213 e. The fourth-order valence-corrected chi connectivity index (χ4v) is 1.63. The maximum atomic E-state index is 12.9. The number of halogens is 1. The van der Waals surface area contributed by atoms with Crippen molar-refractivity contribution >= 4 is 21.8 Å². The SMILES string of the molecule is Fc1ccc2c(ccc3cncnc32)n1. The lowest BCUT2D eigenvalue weighted by molar-refractivity contribution is 0.589. The molecule has 0 bridgehead atoms. The molecule has 0 unspecified atom stereocenters. The van der Waals surface area contributed by atoms with Crippen molar-refractivity contribution in [3.63, 3.8) is 0 Å². The molecular formula is C11H6FN3. The first kappa shape index (κ1) is 8.23. The molecule has 72 valence electrons. The summed E-state index contributed by atoms with van der Waals surface area (Å²) in [6.45, 7) is 0. The van der Waals surface area contributed by atoms with Gasteiger partial charge in [0.25, 0.3) is 0 Å². The van der Waals surface area contributed by atoms with Gasteiger partial charge >= 0.3 is 0 Å². The van der Waals surface area contributed by atoms with Gasteiger partial charge in [-0.25, -0.2) is 15.0 Å². The predicted octanol–water partition coefficient (Wildman–Crippen LogP) is 2.32. The van der Waals surface area contributed by atoms with E-state index in [0.29, 0.717) is 5.52 Å². The van der Waals surface area contributed by atoms with Crippen LogP contribution in [0.15, 0.2) is 36.8 Å². The number of hydrogen-bond acceptors (Lipinski definition) is 3. The van der Waals surface area contributed by atoms with Crippen molar-refractivity contribution in [1.82, 2.24) is 15.0 Å². The summed E-state index contributed by atoms with van der Waals surface area (Å²) >= 11 is 0. The van der Waals surface area contributed by atoms with Crippen LogP contribution in [0.3, 0.4) is 0 Å². The van der Waals surface area contributed by atoms with Crippen molar-refractivity contribution < 1.29 is 4.39 Å². The first-order valence-corrected chi connectivity index (χ1v) is 4.49. The molecule has 0 saturated heterocycles. The molecule has 0 aliphatic rings. The maximum Gasteiger partial charge on any atom is 0.213 e. The van der Waals surface area contributed by atoms with E-state index in [1.807, 2.05) is 6.07 Å². The molecule has 3 rings (SSSR count). The maximum absolute atomic E-state index is 12.9. The highest BCUT2D eigenvalue weighted by atomic mass is 19.1. The molecular weight excluding hydrogens is 193 g/mol. The second-order valence-corrected chi connectivity index (χ2v) is 3.23. The molecule has 0 aliphatic carbocycles. The minimum atomic E-state index is -0.476. The largest absolute Gasteiger partial charge is 0.244 e. The van der Waals surface area contributed by atoms with Gasteiger partial charge in [0.1, 0.15) is 6.33 Å². The average Bonchev–Trinajstić information content (AvgIpc) is 2.28. The molecule has 15 heavy (non-hydrogen) atoms. The Morgan fingerprint density at radius 2 is 2.00 bits per heavy atom. The Kier molecular flexibility index (Phi) is 1.62. The lowest BCUT2D eigenvalue weighted by Gasteiger charge is -2.00. The third-order valence-corrected chi connectivity index (χ3v) is 2.31. The van der Waals surface area contributed by atoms with Crippen LogP contribution >= 0.6 is 0 Å². The molecule has 2 heterocycles. The third kappa shape index (κ3) is 1.22. The van der Waals surface area contributed by atoms with Gasteiger partial charge in [-0.15, -0.1) is 0 Å². The highest BCUT2D eigenvalue weighted by Crippen LogP contribution is 2.21. The summed E-state index contributed by atoms with van der Waals surface area (Å²) < 4.78 is 12.9.